The van der Waals surface area contributed by atoms with Crippen molar-refractivity contribution in [2.75, 3.05) is 14.2 Å². The largest absolute Gasteiger partial charge is 0.497 e. The molecule has 0 saturated heterocycles. The molecule has 2 heteroatoms. The maximum Gasteiger partial charge on any atom is 0.115 e. The molecule has 11 heavy (non-hydrogen) atoms. The zero-order chi connectivity index (χ0) is 8.32. The summed E-state index contributed by atoms with van der Waals surface area (Å²) in [5, 5.41) is 0. The Morgan fingerprint density at radius 1 is 1.36 bits per heavy atom. The van der Waals surface area contributed by atoms with Crippen LogP contribution in [-0.2, 0) is 9.47 Å². The molecule has 1 aliphatic carbocycles. The smallest absolute Gasteiger partial charge is 0.115 e. The zero-order valence-corrected chi connectivity index (χ0v) is 7.13. The zero-order valence-electron chi connectivity index (χ0n) is 7.13. The molecule has 0 aromatic heterocycles. The summed E-state index contributed by atoms with van der Waals surface area (Å²) in [4.78, 5) is 0. The molecule has 61 valence electrons. The van der Waals surface area contributed by atoms with Gasteiger partial charge in [0, 0.05) is 13.5 Å². The maximum absolute atomic E-state index is 5.23. The third-order valence-electron chi connectivity index (χ3n) is 1.83. The molecule has 0 aliphatic heterocycles. The first-order valence-corrected chi connectivity index (χ1v) is 3.55. The molecular weight excluding hydrogens is 140 g/mol. The number of hydrogen-bond donors (Lipinski definition) is 0. The molecule has 1 rings (SSSR count). The van der Waals surface area contributed by atoms with Gasteiger partial charge >= 0.3 is 0 Å². The van der Waals surface area contributed by atoms with E-state index < -0.39 is 0 Å². The highest BCUT2D eigenvalue weighted by atomic mass is 16.5. The number of hydrogen-bond acceptors (Lipinski definition) is 2. The van der Waals surface area contributed by atoms with Gasteiger partial charge in [0.1, 0.15) is 5.76 Å². The monoisotopic (exact) mass is 153 g/mol. The first kappa shape index (κ1) is 8.34. The van der Waals surface area contributed by atoms with Gasteiger partial charge in [-0.2, -0.15) is 0 Å². The van der Waals surface area contributed by atoms with E-state index >= 15 is 0 Å². The van der Waals surface area contributed by atoms with E-state index in [2.05, 4.69) is 0 Å². The highest BCUT2D eigenvalue weighted by Gasteiger charge is 2.21. The Bertz CT molecular complexity index is 194. The van der Waals surface area contributed by atoms with Crippen LogP contribution in [0.3, 0.4) is 0 Å². The van der Waals surface area contributed by atoms with Gasteiger partial charge in [0.25, 0.3) is 0 Å². The van der Waals surface area contributed by atoms with Crippen LogP contribution in [0.25, 0.3) is 0 Å². The quantitative estimate of drug-likeness (QED) is 0.601. The normalized spacial score (nSPS) is 29.9. The molecule has 1 unspecified atom stereocenters. The number of rotatable bonds is 2. The van der Waals surface area contributed by atoms with Gasteiger partial charge in [0.05, 0.1) is 12.7 Å². The van der Waals surface area contributed by atoms with E-state index in [0.29, 0.717) is 0 Å². The van der Waals surface area contributed by atoms with Gasteiger partial charge in [-0.05, 0) is 25.2 Å². The van der Waals surface area contributed by atoms with Crippen molar-refractivity contribution < 1.29 is 9.47 Å². The number of allylic oxidation sites excluding steroid dienone is 1. The van der Waals surface area contributed by atoms with Gasteiger partial charge < -0.3 is 9.47 Å². The standard InChI is InChI=1S/C9H13O2/c1-9(11-3)6-4-8(10-2)5-7-9/h4-7H,1-3H3. The highest BCUT2D eigenvalue weighted by molar-refractivity contribution is 5.30. The first-order valence-electron chi connectivity index (χ1n) is 3.55. The van der Waals surface area contributed by atoms with Crippen molar-refractivity contribution in [1.29, 1.82) is 0 Å². The van der Waals surface area contributed by atoms with Crippen molar-refractivity contribution >= 4 is 0 Å². The van der Waals surface area contributed by atoms with Crippen LogP contribution in [0, 0.1) is 6.42 Å². The fourth-order valence-electron chi connectivity index (χ4n) is 0.878. The van der Waals surface area contributed by atoms with Gasteiger partial charge in [-0.3, -0.25) is 0 Å². The van der Waals surface area contributed by atoms with E-state index in [9.17, 15) is 0 Å². The number of ether oxygens (including phenoxy) is 2. The minimum atomic E-state index is -0.262. The molecule has 0 aromatic carbocycles. The Morgan fingerprint density at radius 3 is 2.45 bits per heavy atom. The minimum absolute atomic E-state index is 0.262. The average molecular weight is 153 g/mol. The average Bonchev–Trinajstić information content (AvgIpc) is 2.06. The van der Waals surface area contributed by atoms with Crippen molar-refractivity contribution in [3.05, 3.63) is 30.4 Å². The molecule has 0 spiro atoms. The fraction of sp³-hybridized carbons (Fsp3) is 0.444. The van der Waals surface area contributed by atoms with Crippen molar-refractivity contribution in [2.24, 2.45) is 0 Å². The van der Waals surface area contributed by atoms with Gasteiger partial charge in [0.2, 0.25) is 0 Å². The lowest BCUT2D eigenvalue weighted by atomic mass is 9.97. The van der Waals surface area contributed by atoms with Crippen LogP contribution in [0.1, 0.15) is 6.92 Å². The van der Waals surface area contributed by atoms with E-state index in [1.807, 2.05) is 31.6 Å². The SMILES string of the molecule is COC1=C[CH]C(C)(OC)C=C1. The molecule has 0 N–H and O–H groups in total. The predicted octanol–water partition coefficient (Wildman–Crippen LogP) is 1.70. The maximum atomic E-state index is 5.23. The Kier molecular flexibility index (Phi) is 2.35. The Morgan fingerprint density at radius 2 is 2.09 bits per heavy atom. The van der Waals surface area contributed by atoms with Crippen LogP contribution >= 0.6 is 0 Å². The second-order valence-electron chi connectivity index (χ2n) is 2.66. The second kappa shape index (κ2) is 3.09. The Labute approximate surface area is 67.5 Å². The summed E-state index contributed by atoms with van der Waals surface area (Å²) in [5.74, 6) is 0.861. The predicted molar refractivity (Wildman–Crippen MR) is 43.9 cm³/mol. The van der Waals surface area contributed by atoms with E-state index in [-0.39, 0.29) is 5.60 Å². The molecule has 0 saturated carbocycles. The lowest BCUT2D eigenvalue weighted by Crippen LogP contribution is -2.26. The van der Waals surface area contributed by atoms with Crippen molar-refractivity contribution in [3.63, 3.8) is 0 Å². The van der Waals surface area contributed by atoms with Gasteiger partial charge in [0.15, 0.2) is 0 Å². The molecule has 1 atom stereocenters. The summed E-state index contributed by atoms with van der Waals surface area (Å²) >= 11 is 0. The second-order valence-corrected chi connectivity index (χ2v) is 2.66. The summed E-state index contributed by atoms with van der Waals surface area (Å²) < 4.78 is 10.2. The number of methoxy groups -OCH3 is 2. The summed E-state index contributed by atoms with van der Waals surface area (Å²) in [7, 11) is 3.34. The summed E-state index contributed by atoms with van der Waals surface area (Å²) in [6.45, 7) is 1.99. The third-order valence-corrected chi connectivity index (χ3v) is 1.83. The van der Waals surface area contributed by atoms with Crippen LogP contribution in [-0.4, -0.2) is 19.8 Å². The van der Waals surface area contributed by atoms with Crippen molar-refractivity contribution in [2.45, 2.75) is 12.5 Å². The fourth-order valence-corrected chi connectivity index (χ4v) is 0.878. The van der Waals surface area contributed by atoms with Crippen LogP contribution in [0.2, 0.25) is 0 Å². The minimum Gasteiger partial charge on any atom is -0.497 e. The van der Waals surface area contributed by atoms with Gasteiger partial charge in [-0.15, -0.1) is 0 Å². The van der Waals surface area contributed by atoms with E-state index in [1.165, 1.54) is 0 Å². The van der Waals surface area contributed by atoms with E-state index in [0.717, 1.165) is 5.76 Å². The highest BCUT2D eigenvalue weighted by Crippen LogP contribution is 2.22. The molecule has 0 amide bonds. The van der Waals surface area contributed by atoms with E-state index in [1.54, 1.807) is 14.2 Å². The van der Waals surface area contributed by atoms with Crippen LogP contribution in [0.4, 0.5) is 0 Å². The Balaban J connectivity index is 2.63. The van der Waals surface area contributed by atoms with Gasteiger partial charge in [-0.25, -0.2) is 0 Å². The van der Waals surface area contributed by atoms with Crippen molar-refractivity contribution in [1.82, 2.24) is 0 Å². The molecule has 0 aromatic rings. The topological polar surface area (TPSA) is 18.5 Å². The molecule has 0 fully saturated rings. The Hall–Kier alpha value is -0.760. The van der Waals surface area contributed by atoms with Crippen LogP contribution < -0.4 is 0 Å². The molecule has 2 nitrogen and oxygen atoms in total. The molecule has 1 radical (unpaired) electrons. The van der Waals surface area contributed by atoms with Gasteiger partial charge in [-0.1, -0.05) is 0 Å². The van der Waals surface area contributed by atoms with Crippen LogP contribution in [0.15, 0.2) is 24.0 Å². The lowest BCUT2D eigenvalue weighted by Gasteiger charge is -2.25. The summed E-state index contributed by atoms with van der Waals surface area (Å²) in [6, 6.07) is 0. The summed E-state index contributed by atoms with van der Waals surface area (Å²) in [6.07, 6.45) is 7.74. The lowest BCUT2D eigenvalue weighted by molar-refractivity contribution is 0.0780. The molecular formula is C9H13O2. The molecule has 1 aliphatic rings. The first-order chi connectivity index (χ1) is 5.20. The third kappa shape index (κ3) is 1.84. The molecule has 0 heterocycles. The van der Waals surface area contributed by atoms with Crippen molar-refractivity contribution in [3.8, 4) is 0 Å². The summed E-state index contributed by atoms with van der Waals surface area (Å²) in [5.41, 5.74) is -0.262. The van der Waals surface area contributed by atoms with Crippen LogP contribution in [0.5, 0.6) is 0 Å². The molecule has 0 bridgehead atoms. The van der Waals surface area contributed by atoms with E-state index in [4.69, 9.17) is 9.47 Å².